The summed E-state index contributed by atoms with van der Waals surface area (Å²) in [4.78, 5) is 12.0. The van der Waals surface area contributed by atoms with Gasteiger partial charge in [0.15, 0.2) is 0 Å². The molecule has 1 aromatic carbocycles. The summed E-state index contributed by atoms with van der Waals surface area (Å²) in [6.07, 6.45) is 1.56. The minimum atomic E-state index is -0.562. The van der Waals surface area contributed by atoms with E-state index in [0.29, 0.717) is 21.8 Å². The number of methoxy groups -OCH3 is 1. The van der Waals surface area contributed by atoms with Crippen LogP contribution in [0.3, 0.4) is 0 Å². The standard InChI is InChI=1S/C15H10ClFN2O2/c1-21-15(20)11-8-12(16)13-5-6-18-19(13)14(11)9-3-2-4-10(17)7-9/h2-8H,1H3. The van der Waals surface area contributed by atoms with Gasteiger partial charge in [-0.2, -0.15) is 5.10 Å². The number of pyridine rings is 1. The second-order valence-corrected chi connectivity index (χ2v) is 4.79. The van der Waals surface area contributed by atoms with Crippen LogP contribution < -0.4 is 0 Å². The lowest BCUT2D eigenvalue weighted by molar-refractivity contribution is 0.0601. The number of carbonyl (C=O) groups is 1. The van der Waals surface area contributed by atoms with Crippen molar-refractivity contribution in [3.05, 3.63) is 59.0 Å². The zero-order chi connectivity index (χ0) is 15.0. The minimum absolute atomic E-state index is 0.226. The molecule has 0 aliphatic rings. The Balaban J connectivity index is 2.40. The van der Waals surface area contributed by atoms with Crippen molar-refractivity contribution in [1.29, 1.82) is 0 Å². The van der Waals surface area contributed by atoms with Crippen LogP contribution in [0.2, 0.25) is 5.02 Å². The molecule has 6 heteroatoms. The molecule has 0 atom stereocenters. The molecule has 3 rings (SSSR count). The second kappa shape index (κ2) is 5.18. The Bertz CT molecular complexity index is 845. The van der Waals surface area contributed by atoms with E-state index in [1.165, 1.54) is 29.8 Å². The van der Waals surface area contributed by atoms with Crippen molar-refractivity contribution in [3.8, 4) is 11.3 Å². The maximum Gasteiger partial charge on any atom is 0.340 e. The number of fused-ring (bicyclic) bond motifs is 1. The molecule has 0 N–H and O–H groups in total. The Hall–Kier alpha value is -2.40. The number of nitrogens with zero attached hydrogens (tertiary/aromatic N) is 2. The maximum atomic E-state index is 13.5. The topological polar surface area (TPSA) is 43.6 Å². The third kappa shape index (κ3) is 2.25. The first-order chi connectivity index (χ1) is 10.1. The number of hydrogen-bond donors (Lipinski definition) is 0. The number of aromatic nitrogens is 2. The first-order valence-corrected chi connectivity index (χ1v) is 6.50. The first-order valence-electron chi connectivity index (χ1n) is 6.12. The lowest BCUT2D eigenvalue weighted by Gasteiger charge is -2.12. The fraction of sp³-hybridized carbons (Fsp3) is 0.0667. The molecule has 0 fully saturated rings. The van der Waals surface area contributed by atoms with Gasteiger partial charge >= 0.3 is 5.97 Å². The molecule has 0 aliphatic heterocycles. The molecule has 0 amide bonds. The van der Waals surface area contributed by atoms with E-state index < -0.39 is 11.8 Å². The molecule has 2 heterocycles. The van der Waals surface area contributed by atoms with Crippen LogP contribution in [-0.2, 0) is 4.74 Å². The fourth-order valence-corrected chi connectivity index (χ4v) is 2.48. The van der Waals surface area contributed by atoms with Crippen molar-refractivity contribution < 1.29 is 13.9 Å². The average molecular weight is 305 g/mol. The highest BCUT2D eigenvalue weighted by molar-refractivity contribution is 6.34. The molecule has 21 heavy (non-hydrogen) atoms. The SMILES string of the molecule is COC(=O)c1cc(Cl)c2ccnn2c1-c1cccc(F)c1. The van der Waals surface area contributed by atoms with E-state index in [1.54, 1.807) is 24.4 Å². The molecule has 0 bridgehead atoms. The van der Waals surface area contributed by atoms with Crippen LogP contribution in [0.1, 0.15) is 10.4 Å². The van der Waals surface area contributed by atoms with Crippen LogP contribution in [0.4, 0.5) is 4.39 Å². The zero-order valence-electron chi connectivity index (χ0n) is 11.0. The summed E-state index contributed by atoms with van der Waals surface area (Å²) in [5.74, 6) is -0.966. The molecule has 4 nitrogen and oxygen atoms in total. The summed E-state index contributed by atoms with van der Waals surface area (Å²) in [6, 6.07) is 9.14. The molecule has 0 spiro atoms. The quantitative estimate of drug-likeness (QED) is 0.680. The van der Waals surface area contributed by atoms with Gasteiger partial charge in [-0.15, -0.1) is 0 Å². The molecule has 0 saturated heterocycles. The third-order valence-electron chi connectivity index (χ3n) is 3.13. The van der Waals surface area contributed by atoms with Gasteiger partial charge in [0.2, 0.25) is 0 Å². The number of rotatable bonds is 2. The van der Waals surface area contributed by atoms with Gasteiger partial charge in [-0.1, -0.05) is 23.7 Å². The van der Waals surface area contributed by atoms with Crippen LogP contribution in [-0.4, -0.2) is 22.7 Å². The third-order valence-corrected chi connectivity index (χ3v) is 3.43. The van der Waals surface area contributed by atoms with Crippen molar-refractivity contribution >= 4 is 23.1 Å². The van der Waals surface area contributed by atoms with Crippen molar-refractivity contribution in [2.24, 2.45) is 0 Å². The van der Waals surface area contributed by atoms with Gasteiger partial charge in [0.05, 0.1) is 35.1 Å². The van der Waals surface area contributed by atoms with Gasteiger partial charge in [-0.25, -0.2) is 13.7 Å². The van der Waals surface area contributed by atoms with Crippen LogP contribution in [0, 0.1) is 5.82 Å². The predicted octanol–water partition coefficient (Wildman–Crippen LogP) is 3.58. The van der Waals surface area contributed by atoms with Gasteiger partial charge in [-0.05, 0) is 24.3 Å². The fourth-order valence-electron chi connectivity index (χ4n) is 2.22. The molecule has 0 unspecified atom stereocenters. The van der Waals surface area contributed by atoms with Gasteiger partial charge in [0, 0.05) is 5.56 Å². The largest absolute Gasteiger partial charge is 0.465 e. The van der Waals surface area contributed by atoms with E-state index >= 15 is 0 Å². The number of hydrogen-bond acceptors (Lipinski definition) is 3. The van der Waals surface area contributed by atoms with Gasteiger partial charge in [0.1, 0.15) is 5.82 Å². The Morgan fingerprint density at radius 1 is 1.33 bits per heavy atom. The van der Waals surface area contributed by atoms with Crippen molar-refractivity contribution in [1.82, 2.24) is 9.61 Å². The van der Waals surface area contributed by atoms with E-state index in [1.807, 2.05) is 0 Å². The number of benzene rings is 1. The van der Waals surface area contributed by atoms with E-state index in [-0.39, 0.29) is 5.56 Å². The Morgan fingerprint density at radius 2 is 2.14 bits per heavy atom. The lowest BCUT2D eigenvalue weighted by atomic mass is 10.1. The minimum Gasteiger partial charge on any atom is -0.465 e. The Morgan fingerprint density at radius 3 is 2.86 bits per heavy atom. The van der Waals surface area contributed by atoms with Crippen LogP contribution in [0.15, 0.2) is 42.6 Å². The Labute approximate surface area is 124 Å². The smallest absolute Gasteiger partial charge is 0.340 e. The van der Waals surface area contributed by atoms with Crippen molar-refractivity contribution in [2.45, 2.75) is 0 Å². The normalized spacial score (nSPS) is 10.8. The summed E-state index contributed by atoms with van der Waals surface area (Å²) in [5.41, 5.74) is 1.80. The lowest BCUT2D eigenvalue weighted by Crippen LogP contribution is -2.08. The number of halogens is 2. The van der Waals surface area contributed by atoms with Crippen LogP contribution >= 0.6 is 11.6 Å². The first kappa shape index (κ1) is 13.6. The summed E-state index contributed by atoms with van der Waals surface area (Å²) in [5, 5.41) is 4.53. The summed E-state index contributed by atoms with van der Waals surface area (Å²) in [7, 11) is 1.28. The van der Waals surface area contributed by atoms with Gasteiger partial charge in [0.25, 0.3) is 0 Å². The van der Waals surface area contributed by atoms with Gasteiger partial charge in [-0.3, -0.25) is 0 Å². The summed E-state index contributed by atoms with van der Waals surface area (Å²) in [6.45, 7) is 0. The molecular formula is C15H10ClFN2O2. The molecule has 0 aliphatic carbocycles. The van der Waals surface area contributed by atoms with E-state index in [4.69, 9.17) is 16.3 Å². The van der Waals surface area contributed by atoms with Crippen LogP contribution in [0.5, 0.6) is 0 Å². The molecule has 0 saturated carbocycles. The molecular weight excluding hydrogens is 295 g/mol. The number of esters is 1. The molecule has 0 radical (unpaired) electrons. The Kier molecular flexibility index (Phi) is 3.35. The monoisotopic (exact) mass is 304 g/mol. The predicted molar refractivity (Wildman–Crippen MR) is 76.9 cm³/mol. The second-order valence-electron chi connectivity index (χ2n) is 4.38. The molecule has 2 aromatic heterocycles. The zero-order valence-corrected chi connectivity index (χ0v) is 11.8. The molecule has 3 aromatic rings. The highest BCUT2D eigenvalue weighted by atomic mass is 35.5. The van der Waals surface area contributed by atoms with Crippen LogP contribution in [0.25, 0.3) is 16.8 Å². The van der Waals surface area contributed by atoms with E-state index in [2.05, 4.69) is 5.10 Å². The maximum absolute atomic E-state index is 13.5. The number of carbonyl (C=O) groups excluding carboxylic acids is 1. The summed E-state index contributed by atoms with van der Waals surface area (Å²) < 4.78 is 19.8. The van der Waals surface area contributed by atoms with Gasteiger partial charge < -0.3 is 4.74 Å². The van der Waals surface area contributed by atoms with E-state index in [0.717, 1.165) is 0 Å². The number of ether oxygens (including phenoxy) is 1. The highest BCUT2D eigenvalue weighted by Crippen LogP contribution is 2.30. The van der Waals surface area contributed by atoms with Crippen molar-refractivity contribution in [2.75, 3.05) is 7.11 Å². The summed E-state index contributed by atoms with van der Waals surface area (Å²) >= 11 is 6.15. The molecule has 106 valence electrons. The van der Waals surface area contributed by atoms with Crippen molar-refractivity contribution in [3.63, 3.8) is 0 Å². The van der Waals surface area contributed by atoms with E-state index in [9.17, 15) is 9.18 Å². The average Bonchev–Trinajstić information content (AvgIpc) is 2.96. The highest BCUT2D eigenvalue weighted by Gasteiger charge is 2.20.